The fourth-order valence-corrected chi connectivity index (χ4v) is 8.93. The summed E-state index contributed by atoms with van der Waals surface area (Å²) in [4.78, 5) is 17.9. The van der Waals surface area contributed by atoms with E-state index in [2.05, 4.69) is 38.8 Å². The van der Waals surface area contributed by atoms with Gasteiger partial charge >= 0.3 is 0 Å². The van der Waals surface area contributed by atoms with E-state index in [1.165, 1.54) is 12.0 Å². The molecule has 1 heterocycles. The molecule has 0 aromatic carbocycles. The van der Waals surface area contributed by atoms with Crippen LogP contribution in [0.2, 0.25) is 0 Å². The zero-order valence-corrected chi connectivity index (χ0v) is 19.8. The van der Waals surface area contributed by atoms with Crippen molar-refractivity contribution in [2.45, 2.75) is 91.3 Å². The van der Waals surface area contributed by atoms with Crippen LogP contribution in [-0.2, 0) is 4.79 Å². The van der Waals surface area contributed by atoms with Crippen LogP contribution in [0.5, 0.6) is 0 Å². The van der Waals surface area contributed by atoms with Crippen LogP contribution in [0.1, 0.15) is 79.1 Å². The summed E-state index contributed by atoms with van der Waals surface area (Å²) in [6.45, 7) is 9.81. The lowest BCUT2D eigenvalue weighted by Gasteiger charge is -2.58. The molecule has 31 heavy (non-hydrogen) atoms. The summed E-state index contributed by atoms with van der Waals surface area (Å²) in [5.74, 6) is 2.26. The molecule has 3 saturated carbocycles. The third-order valence-corrected chi connectivity index (χ3v) is 10.6. The maximum atomic E-state index is 13.3. The fraction of sp³-hybridized carbons (Fsp3) is 0.852. The topological polar surface area (TPSA) is 69.9 Å². The van der Waals surface area contributed by atoms with Crippen LogP contribution in [0.3, 0.4) is 0 Å². The summed E-state index contributed by atoms with van der Waals surface area (Å²) in [6.07, 6.45) is 9.73. The van der Waals surface area contributed by atoms with Gasteiger partial charge in [-0.2, -0.15) is 0 Å². The Morgan fingerprint density at radius 2 is 1.94 bits per heavy atom. The van der Waals surface area contributed by atoms with E-state index in [9.17, 15) is 15.0 Å². The number of hydrogen-bond acceptors (Lipinski definition) is 4. The summed E-state index contributed by atoms with van der Waals surface area (Å²) >= 11 is 0. The van der Waals surface area contributed by atoms with Crippen molar-refractivity contribution in [2.24, 2.45) is 51.3 Å². The van der Waals surface area contributed by atoms with Gasteiger partial charge in [0.25, 0.3) is 0 Å². The zero-order chi connectivity index (χ0) is 22.1. The van der Waals surface area contributed by atoms with Gasteiger partial charge < -0.3 is 10.2 Å². The Bertz CT molecular complexity index is 817. The molecule has 0 bridgehead atoms. The van der Waals surface area contributed by atoms with E-state index in [0.717, 1.165) is 57.2 Å². The Morgan fingerprint density at radius 1 is 1.16 bits per heavy atom. The van der Waals surface area contributed by atoms with Crippen molar-refractivity contribution in [3.63, 3.8) is 0 Å². The van der Waals surface area contributed by atoms with E-state index >= 15 is 0 Å². The van der Waals surface area contributed by atoms with Crippen molar-refractivity contribution in [2.75, 3.05) is 6.54 Å². The van der Waals surface area contributed by atoms with Gasteiger partial charge in [-0.3, -0.25) is 9.79 Å². The van der Waals surface area contributed by atoms with Gasteiger partial charge in [-0.25, -0.2) is 0 Å². The molecule has 0 amide bonds. The zero-order valence-electron chi connectivity index (χ0n) is 19.8. The summed E-state index contributed by atoms with van der Waals surface area (Å²) in [5, 5.41) is 21.5. The molecule has 4 aliphatic carbocycles. The van der Waals surface area contributed by atoms with Gasteiger partial charge in [0.1, 0.15) is 0 Å². The minimum atomic E-state index is -0.390. The minimum absolute atomic E-state index is 0.0241. The van der Waals surface area contributed by atoms with Crippen molar-refractivity contribution in [3.8, 4) is 0 Å². The highest BCUT2D eigenvalue weighted by molar-refractivity contribution is 6.41. The lowest BCUT2D eigenvalue weighted by atomic mass is 9.47. The highest BCUT2D eigenvalue weighted by atomic mass is 16.3. The number of nitrogens with zero attached hydrogens (tertiary/aromatic N) is 1. The molecular weight excluding hydrogens is 386 g/mol. The van der Waals surface area contributed by atoms with Crippen LogP contribution in [0.4, 0.5) is 0 Å². The van der Waals surface area contributed by atoms with Crippen LogP contribution < -0.4 is 0 Å². The number of allylic oxidation sites excluding steroid dienone is 1. The van der Waals surface area contributed by atoms with Crippen molar-refractivity contribution in [1.29, 1.82) is 0 Å². The smallest absolute Gasteiger partial charge is 0.179 e. The summed E-state index contributed by atoms with van der Waals surface area (Å²) in [5.41, 5.74) is 2.49. The number of carbonyl (C=O) groups is 1. The molecule has 4 nitrogen and oxygen atoms in total. The largest absolute Gasteiger partial charge is 0.393 e. The first-order chi connectivity index (χ1) is 14.6. The van der Waals surface area contributed by atoms with Crippen molar-refractivity contribution < 1.29 is 15.0 Å². The van der Waals surface area contributed by atoms with Crippen LogP contribution in [0.15, 0.2) is 16.6 Å². The molecule has 0 radical (unpaired) electrons. The van der Waals surface area contributed by atoms with Gasteiger partial charge in [-0.15, -0.1) is 0 Å². The van der Waals surface area contributed by atoms with Gasteiger partial charge in [-0.05, 0) is 85.9 Å². The Hall–Kier alpha value is -1.00. The number of ketones is 1. The summed E-state index contributed by atoms with van der Waals surface area (Å²) in [6, 6.07) is 0. The highest BCUT2D eigenvalue weighted by Gasteiger charge is 2.62. The van der Waals surface area contributed by atoms with E-state index in [0.29, 0.717) is 23.7 Å². The van der Waals surface area contributed by atoms with E-state index in [-0.39, 0.29) is 34.6 Å². The number of aliphatic hydroxyl groups excluding tert-OH is 2. The number of aliphatic hydroxyl groups is 2. The molecule has 0 saturated heterocycles. The van der Waals surface area contributed by atoms with E-state index in [4.69, 9.17) is 0 Å². The van der Waals surface area contributed by atoms with Crippen LogP contribution in [0.25, 0.3) is 0 Å². The molecule has 0 aromatic rings. The Balaban J connectivity index is 1.41. The molecule has 5 aliphatic rings. The number of aliphatic imine (C=N–C) groups is 1. The molecule has 172 valence electrons. The van der Waals surface area contributed by atoms with Gasteiger partial charge in [0, 0.05) is 18.4 Å². The quantitative estimate of drug-likeness (QED) is 0.648. The SMILES string of the molecule is CC1CN=C(C(=O)C(C)C2C(O)CC3C4CC=C5CC(O)CCC5(C)C4CCC32C)C1. The maximum Gasteiger partial charge on any atom is 0.179 e. The summed E-state index contributed by atoms with van der Waals surface area (Å²) in [7, 11) is 0. The predicted molar refractivity (Wildman–Crippen MR) is 123 cm³/mol. The first kappa shape index (κ1) is 21.8. The minimum Gasteiger partial charge on any atom is -0.393 e. The molecule has 10 unspecified atom stereocenters. The number of carbonyl (C=O) groups excluding carboxylic acids is 1. The number of fused-ring (bicyclic) bond motifs is 5. The second kappa shape index (κ2) is 7.52. The van der Waals surface area contributed by atoms with E-state index in [1.54, 1.807) is 0 Å². The fourth-order valence-electron chi connectivity index (χ4n) is 8.93. The Morgan fingerprint density at radius 3 is 2.65 bits per heavy atom. The molecule has 1 aliphatic heterocycles. The highest BCUT2D eigenvalue weighted by Crippen LogP contribution is 2.67. The Kier molecular flexibility index (Phi) is 5.29. The average Bonchev–Trinajstić information content (AvgIpc) is 3.27. The molecule has 5 rings (SSSR count). The van der Waals surface area contributed by atoms with Crippen molar-refractivity contribution in [1.82, 2.24) is 0 Å². The second-order valence-corrected chi connectivity index (χ2v) is 12.3. The normalized spacial score (nSPS) is 50.1. The standard InChI is InChI=1S/C27H41NO3/c1-15-11-22(28-14-15)25(31)16(2)24-23(30)13-21-19-6-5-17-12-18(29)7-9-26(17,3)20(19)8-10-27(21,24)4/h5,15-16,18-21,23-24,29-30H,6-14H2,1-4H3. The number of rotatable bonds is 3. The lowest BCUT2D eigenvalue weighted by molar-refractivity contribution is -0.123. The lowest BCUT2D eigenvalue weighted by Crippen LogP contribution is -2.51. The summed E-state index contributed by atoms with van der Waals surface area (Å²) < 4.78 is 0. The monoisotopic (exact) mass is 427 g/mol. The molecule has 0 spiro atoms. The van der Waals surface area contributed by atoms with Crippen LogP contribution in [0, 0.1) is 46.3 Å². The van der Waals surface area contributed by atoms with Gasteiger partial charge in [0.05, 0.1) is 17.9 Å². The number of hydrogen-bond donors (Lipinski definition) is 2. The van der Waals surface area contributed by atoms with Gasteiger partial charge in [-0.1, -0.05) is 39.3 Å². The molecule has 10 atom stereocenters. The molecular formula is C27H41NO3. The second-order valence-electron chi connectivity index (χ2n) is 12.3. The third-order valence-electron chi connectivity index (χ3n) is 10.6. The molecule has 2 N–H and O–H groups in total. The van der Waals surface area contributed by atoms with Gasteiger partial charge in [0.2, 0.25) is 0 Å². The average molecular weight is 428 g/mol. The molecule has 4 heteroatoms. The van der Waals surface area contributed by atoms with E-state index < -0.39 is 6.10 Å². The van der Waals surface area contributed by atoms with Gasteiger partial charge in [0.15, 0.2) is 5.78 Å². The predicted octanol–water partition coefficient (Wildman–Crippen LogP) is 4.58. The first-order valence-corrected chi connectivity index (χ1v) is 12.8. The third kappa shape index (κ3) is 3.22. The first-order valence-electron chi connectivity index (χ1n) is 12.8. The van der Waals surface area contributed by atoms with Crippen LogP contribution >= 0.6 is 0 Å². The van der Waals surface area contributed by atoms with E-state index in [1.807, 2.05) is 0 Å². The molecule has 3 fully saturated rings. The van der Waals surface area contributed by atoms with Crippen LogP contribution in [-0.4, -0.2) is 40.5 Å². The van der Waals surface area contributed by atoms with Crippen molar-refractivity contribution in [3.05, 3.63) is 11.6 Å². The Labute approximate surface area is 187 Å². The number of Topliss-reactive ketones (excluding diaryl/α,β-unsaturated/α-hetero) is 1. The maximum absolute atomic E-state index is 13.3. The molecule has 0 aromatic heterocycles. The van der Waals surface area contributed by atoms with Crippen molar-refractivity contribution >= 4 is 11.5 Å².